The summed E-state index contributed by atoms with van der Waals surface area (Å²) < 4.78 is 39.8. The van der Waals surface area contributed by atoms with Gasteiger partial charge in [0.15, 0.2) is 0 Å². The fourth-order valence-corrected chi connectivity index (χ4v) is 2.07. The highest BCUT2D eigenvalue weighted by atomic mass is 35.5. The van der Waals surface area contributed by atoms with Crippen LogP contribution in [0.15, 0.2) is 30.6 Å². The van der Waals surface area contributed by atoms with Crippen LogP contribution in [0.25, 0.3) is 0 Å². The molecule has 21 heavy (non-hydrogen) atoms. The van der Waals surface area contributed by atoms with Gasteiger partial charge in [-0.3, -0.25) is 4.68 Å². The molecular formula is C14H15ClF3N3. The maximum Gasteiger partial charge on any atom is 0.416 e. The van der Waals surface area contributed by atoms with Crippen LogP contribution in [0.5, 0.6) is 0 Å². The van der Waals surface area contributed by atoms with Crippen LogP contribution in [-0.4, -0.2) is 9.78 Å². The molecule has 0 saturated heterocycles. The molecule has 0 amide bonds. The standard InChI is InChI=1S/C14H15ClF3N3/c1-2-5-21-9-10(8-20-21)7-19-13-6-11(14(16,17)18)3-4-12(13)15/h3-4,6,8-9,19H,2,5,7H2,1H3. The molecule has 0 fully saturated rings. The van der Waals surface area contributed by atoms with Crippen molar-refractivity contribution in [3.05, 3.63) is 46.7 Å². The zero-order valence-corrected chi connectivity index (χ0v) is 12.2. The van der Waals surface area contributed by atoms with Gasteiger partial charge >= 0.3 is 6.18 Å². The van der Waals surface area contributed by atoms with Gasteiger partial charge in [0.1, 0.15) is 0 Å². The molecule has 0 aliphatic heterocycles. The fourth-order valence-electron chi connectivity index (χ4n) is 1.88. The Morgan fingerprint density at radius 3 is 2.76 bits per heavy atom. The van der Waals surface area contributed by atoms with Gasteiger partial charge in [-0.05, 0) is 24.6 Å². The summed E-state index contributed by atoms with van der Waals surface area (Å²) in [4.78, 5) is 0. The first-order valence-corrected chi connectivity index (χ1v) is 6.90. The molecule has 0 aliphatic carbocycles. The van der Waals surface area contributed by atoms with Crippen molar-refractivity contribution in [3.63, 3.8) is 0 Å². The normalized spacial score (nSPS) is 11.7. The molecule has 1 N–H and O–H groups in total. The van der Waals surface area contributed by atoms with Gasteiger partial charge in [-0.2, -0.15) is 18.3 Å². The SMILES string of the molecule is CCCn1cc(CNc2cc(C(F)(F)F)ccc2Cl)cn1. The summed E-state index contributed by atoms with van der Waals surface area (Å²) in [6, 6.07) is 3.22. The Morgan fingerprint density at radius 2 is 2.10 bits per heavy atom. The molecule has 1 heterocycles. The summed E-state index contributed by atoms with van der Waals surface area (Å²) in [5.41, 5.74) is 0.419. The number of halogens is 4. The lowest BCUT2D eigenvalue weighted by Gasteiger charge is -2.11. The van der Waals surface area contributed by atoms with E-state index in [0.29, 0.717) is 6.54 Å². The molecule has 2 rings (SSSR count). The van der Waals surface area contributed by atoms with E-state index in [9.17, 15) is 13.2 Å². The van der Waals surface area contributed by atoms with Crippen molar-refractivity contribution in [2.24, 2.45) is 0 Å². The van der Waals surface area contributed by atoms with Gasteiger partial charge in [-0.1, -0.05) is 18.5 Å². The predicted octanol–water partition coefficient (Wildman–Crippen LogP) is 4.58. The van der Waals surface area contributed by atoms with Crippen molar-refractivity contribution in [3.8, 4) is 0 Å². The van der Waals surface area contributed by atoms with Crippen molar-refractivity contribution in [1.82, 2.24) is 9.78 Å². The van der Waals surface area contributed by atoms with Crippen LogP contribution < -0.4 is 5.32 Å². The Hall–Kier alpha value is -1.69. The number of aromatic nitrogens is 2. The summed E-state index contributed by atoms with van der Waals surface area (Å²) >= 11 is 5.92. The monoisotopic (exact) mass is 317 g/mol. The van der Waals surface area contributed by atoms with Gasteiger partial charge in [-0.25, -0.2) is 0 Å². The molecule has 0 spiro atoms. The van der Waals surface area contributed by atoms with Crippen LogP contribution >= 0.6 is 11.6 Å². The summed E-state index contributed by atoms with van der Waals surface area (Å²) in [5, 5.41) is 7.33. The topological polar surface area (TPSA) is 29.9 Å². The highest BCUT2D eigenvalue weighted by molar-refractivity contribution is 6.33. The van der Waals surface area contributed by atoms with Crippen LogP contribution in [0.1, 0.15) is 24.5 Å². The summed E-state index contributed by atoms with van der Waals surface area (Å²) in [6.07, 6.45) is 0.128. The van der Waals surface area contributed by atoms with Crippen molar-refractivity contribution < 1.29 is 13.2 Å². The van der Waals surface area contributed by atoms with E-state index in [-0.39, 0.29) is 10.7 Å². The maximum atomic E-state index is 12.7. The number of rotatable bonds is 5. The maximum absolute atomic E-state index is 12.7. The van der Waals surface area contributed by atoms with Gasteiger partial charge in [0.2, 0.25) is 0 Å². The average molecular weight is 318 g/mol. The van der Waals surface area contributed by atoms with E-state index in [2.05, 4.69) is 10.4 Å². The molecule has 0 unspecified atom stereocenters. The second kappa shape index (κ2) is 6.39. The van der Waals surface area contributed by atoms with E-state index < -0.39 is 11.7 Å². The summed E-state index contributed by atoms with van der Waals surface area (Å²) in [5.74, 6) is 0. The number of hydrogen-bond donors (Lipinski definition) is 1. The second-order valence-electron chi connectivity index (χ2n) is 4.66. The van der Waals surface area contributed by atoms with E-state index in [4.69, 9.17) is 11.6 Å². The van der Waals surface area contributed by atoms with Gasteiger partial charge in [0.25, 0.3) is 0 Å². The Bertz CT molecular complexity index is 608. The first-order chi connectivity index (χ1) is 9.90. The lowest BCUT2D eigenvalue weighted by Crippen LogP contribution is -2.06. The minimum atomic E-state index is -4.38. The van der Waals surface area contributed by atoms with E-state index in [0.717, 1.165) is 30.7 Å². The average Bonchev–Trinajstić information content (AvgIpc) is 2.84. The molecular weight excluding hydrogens is 303 g/mol. The van der Waals surface area contributed by atoms with Gasteiger partial charge in [0, 0.05) is 24.8 Å². The van der Waals surface area contributed by atoms with Crippen LogP contribution in [0.4, 0.5) is 18.9 Å². The zero-order valence-electron chi connectivity index (χ0n) is 11.4. The number of aryl methyl sites for hydroxylation is 1. The van der Waals surface area contributed by atoms with E-state index in [1.165, 1.54) is 6.07 Å². The Kier molecular flexibility index (Phi) is 4.77. The van der Waals surface area contributed by atoms with E-state index in [1.807, 2.05) is 13.1 Å². The van der Waals surface area contributed by atoms with Crippen LogP contribution in [0.3, 0.4) is 0 Å². The highest BCUT2D eigenvalue weighted by Gasteiger charge is 2.30. The molecule has 3 nitrogen and oxygen atoms in total. The highest BCUT2D eigenvalue weighted by Crippen LogP contribution is 2.33. The first kappa shape index (κ1) is 15.7. The third kappa shape index (κ3) is 4.14. The molecule has 1 aromatic carbocycles. The molecule has 0 saturated carbocycles. The third-order valence-electron chi connectivity index (χ3n) is 2.92. The Labute approximate surface area is 125 Å². The second-order valence-corrected chi connectivity index (χ2v) is 5.06. The summed E-state index contributed by atoms with van der Waals surface area (Å²) in [6.45, 7) is 3.22. The number of nitrogens with one attached hydrogen (secondary N) is 1. The van der Waals surface area contributed by atoms with Crippen LogP contribution in [0, 0.1) is 0 Å². The third-order valence-corrected chi connectivity index (χ3v) is 3.25. The first-order valence-electron chi connectivity index (χ1n) is 6.52. The number of nitrogens with zero attached hydrogens (tertiary/aromatic N) is 2. The molecule has 0 radical (unpaired) electrons. The predicted molar refractivity (Wildman–Crippen MR) is 76.3 cm³/mol. The van der Waals surface area contributed by atoms with Crippen molar-refractivity contribution in [2.45, 2.75) is 32.6 Å². The van der Waals surface area contributed by atoms with Crippen LogP contribution in [-0.2, 0) is 19.3 Å². The van der Waals surface area contributed by atoms with Crippen LogP contribution in [0.2, 0.25) is 5.02 Å². The number of alkyl halides is 3. The molecule has 1 aromatic heterocycles. The van der Waals surface area contributed by atoms with Gasteiger partial charge in [0.05, 0.1) is 22.5 Å². The van der Waals surface area contributed by atoms with Gasteiger partial charge in [-0.15, -0.1) is 0 Å². The Balaban J connectivity index is 2.08. The quantitative estimate of drug-likeness (QED) is 0.875. The minimum Gasteiger partial charge on any atom is -0.380 e. The minimum absolute atomic E-state index is 0.254. The molecule has 0 bridgehead atoms. The number of benzene rings is 1. The van der Waals surface area contributed by atoms with Gasteiger partial charge < -0.3 is 5.32 Å². The lowest BCUT2D eigenvalue weighted by atomic mass is 10.2. The molecule has 7 heteroatoms. The van der Waals surface area contributed by atoms with Crippen molar-refractivity contribution in [2.75, 3.05) is 5.32 Å². The van der Waals surface area contributed by atoms with E-state index in [1.54, 1.807) is 10.9 Å². The molecule has 2 aromatic rings. The Morgan fingerprint density at radius 1 is 1.33 bits per heavy atom. The smallest absolute Gasteiger partial charge is 0.380 e. The summed E-state index contributed by atoms with van der Waals surface area (Å²) in [7, 11) is 0. The molecule has 0 atom stereocenters. The molecule has 0 aliphatic rings. The zero-order chi connectivity index (χ0) is 15.5. The van der Waals surface area contributed by atoms with Crippen molar-refractivity contribution in [1.29, 1.82) is 0 Å². The van der Waals surface area contributed by atoms with E-state index >= 15 is 0 Å². The fraction of sp³-hybridized carbons (Fsp3) is 0.357. The largest absolute Gasteiger partial charge is 0.416 e. The number of anilines is 1. The lowest BCUT2D eigenvalue weighted by molar-refractivity contribution is -0.137. The molecule has 114 valence electrons. The van der Waals surface area contributed by atoms with Crippen molar-refractivity contribution >= 4 is 17.3 Å². The number of hydrogen-bond acceptors (Lipinski definition) is 2.